The highest BCUT2D eigenvalue weighted by molar-refractivity contribution is 5.73. The summed E-state index contributed by atoms with van der Waals surface area (Å²) in [5.74, 6) is -0.780. The molecule has 176 valence electrons. The van der Waals surface area contributed by atoms with Crippen LogP contribution < -0.4 is 0 Å². The van der Waals surface area contributed by atoms with E-state index in [-0.39, 0.29) is 0 Å². The summed E-state index contributed by atoms with van der Waals surface area (Å²) in [5, 5.41) is 16.1. The van der Waals surface area contributed by atoms with Crippen LogP contribution in [0.3, 0.4) is 0 Å². The molecular weight excluding hydrogens is 429 g/mol. The molecule has 8 nitrogen and oxygen atoms in total. The van der Waals surface area contributed by atoms with Gasteiger partial charge in [0.25, 0.3) is 0 Å². The fourth-order valence-corrected chi connectivity index (χ4v) is 3.82. The van der Waals surface area contributed by atoms with E-state index in [1.165, 1.54) is 36.9 Å². The normalized spacial score (nSPS) is 21.0. The van der Waals surface area contributed by atoms with Crippen molar-refractivity contribution in [1.29, 1.82) is 0 Å². The van der Waals surface area contributed by atoms with Crippen molar-refractivity contribution in [3.05, 3.63) is 35.5 Å². The summed E-state index contributed by atoms with van der Waals surface area (Å²) in [6.45, 7) is 5.49. The number of nitrogens with zero attached hydrogens (tertiary/aromatic N) is 4. The number of carboxylic acid groups (broad SMARTS) is 1. The first kappa shape index (κ1) is 22.8. The van der Waals surface area contributed by atoms with E-state index in [1.54, 1.807) is 6.26 Å². The van der Waals surface area contributed by atoms with Gasteiger partial charge in [-0.1, -0.05) is 5.21 Å². The molecule has 2 aromatic rings. The molecule has 3 aliphatic rings. The number of rotatable bonds is 8. The average Bonchev–Trinajstić information content (AvgIpc) is 3.63. The molecule has 5 rings (SSSR count). The van der Waals surface area contributed by atoms with E-state index in [2.05, 4.69) is 19.9 Å². The van der Waals surface area contributed by atoms with Crippen LogP contribution in [0.5, 0.6) is 0 Å². The zero-order valence-electron chi connectivity index (χ0n) is 17.6. The Bertz CT molecular complexity index is 891. The number of halogens is 3. The number of ether oxygens (including phenoxy) is 1. The third kappa shape index (κ3) is 6.32. The maximum atomic E-state index is 10.6. The molecule has 2 aromatic heterocycles. The van der Waals surface area contributed by atoms with Gasteiger partial charge in [0.1, 0.15) is 5.69 Å². The standard InChI is InChI=1S/C19H26N4O2.C2HF3O2/c1-2-14(1)8-23-19-17(13-25-11-15-3-4-15)9-22(10-18(19)20-21-23)7-16-5-6-24-12-16;3-2(4,5)1(6)7/h5-6,12,14-15,17H,1-4,7-11,13H2;(H,6,7). The Kier molecular flexibility index (Phi) is 6.85. The van der Waals surface area contributed by atoms with E-state index in [0.29, 0.717) is 5.92 Å². The Balaban J connectivity index is 0.000000307. The predicted molar refractivity (Wildman–Crippen MR) is 106 cm³/mol. The highest BCUT2D eigenvalue weighted by Gasteiger charge is 2.38. The minimum atomic E-state index is -5.08. The second kappa shape index (κ2) is 9.62. The molecule has 0 bridgehead atoms. The molecule has 1 atom stereocenters. The van der Waals surface area contributed by atoms with Gasteiger partial charge in [0.2, 0.25) is 0 Å². The molecule has 0 spiro atoms. The zero-order valence-corrected chi connectivity index (χ0v) is 17.6. The van der Waals surface area contributed by atoms with E-state index in [0.717, 1.165) is 56.9 Å². The number of carboxylic acids is 1. The van der Waals surface area contributed by atoms with Gasteiger partial charge in [-0.15, -0.1) is 5.10 Å². The van der Waals surface area contributed by atoms with Crippen molar-refractivity contribution in [3.63, 3.8) is 0 Å². The maximum absolute atomic E-state index is 10.6. The summed E-state index contributed by atoms with van der Waals surface area (Å²) in [7, 11) is 0. The van der Waals surface area contributed by atoms with Crippen LogP contribution in [0.1, 0.15) is 48.6 Å². The number of hydrogen-bond donors (Lipinski definition) is 1. The molecule has 1 unspecified atom stereocenters. The highest BCUT2D eigenvalue weighted by atomic mass is 19.4. The van der Waals surface area contributed by atoms with Crippen molar-refractivity contribution in [1.82, 2.24) is 19.9 Å². The van der Waals surface area contributed by atoms with Crippen LogP contribution >= 0.6 is 0 Å². The quantitative estimate of drug-likeness (QED) is 0.650. The molecule has 0 aromatic carbocycles. The minimum Gasteiger partial charge on any atom is -0.475 e. The number of aliphatic carboxylic acids is 1. The van der Waals surface area contributed by atoms with Crippen LogP contribution in [0.2, 0.25) is 0 Å². The summed E-state index contributed by atoms with van der Waals surface area (Å²) in [5.41, 5.74) is 3.67. The first-order chi connectivity index (χ1) is 15.3. The number of alkyl halides is 3. The Morgan fingerprint density at radius 2 is 1.94 bits per heavy atom. The predicted octanol–water partition coefficient (Wildman–Crippen LogP) is 3.44. The summed E-state index contributed by atoms with van der Waals surface area (Å²) < 4.78 is 45.2. The lowest BCUT2D eigenvalue weighted by Crippen LogP contribution is -2.36. The summed E-state index contributed by atoms with van der Waals surface area (Å²) in [4.78, 5) is 11.3. The smallest absolute Gasteiger partial charge is 0.475 e. The molecule has 0 saturated heterocycles. The lowest BCUT2D eigenvalue weighted by molar-refractivity contribution is -0.192. The van der Waals surface area contributed by atoms with E-state index in [1.807, 2.05) is 12.3 Å². The summed E-state index contributed by atoms with van der Waals surface area (Å²) in [6, 6.07) is 2.04. The largest absolute Gasteiger partial charge is 0.490 e. The fourth-order valence-electron chi connectivity index (χ4n) is 3.82. The molecule has 3 heterocycles. The van der Waals surface area contributed by atoms with Crippen LogP contribution in [0.15, 0.2) is 23.0 Å². The summed E-state index contributed by atoms with van der Waals surface area (Å²) in [6.07, 6.45) is 3.84. The van der Waals surface area contributed by atoms with Gasteiger partial charge in [-0.3, -0.25) is 4.90 Å². The molecule has 0 amide bonds. The first-order valence-electron chi connectivity index (χ1n) is 10.8. The minimum absolute atomic E-state index is 0.364. The van der Waals surface area contributed by atoms with Crippen LogP contribution in [0.4, 0.5) is 13.2 Å². The number of furan rings is 1. The lowest BCUT2D eigenvalue weighted by atomic mass is 9.98. The van der Waals surface area contributed by atoms with E-state index in [4.69, 9.17) is 19.1 Å². The molecule has 2 aliphatic carbocycles. The third-order valence-electron chi connectivity index (χ3n) is 5.81. The second-order valence-corrected chi connectivity index (χ2v) is 8.83. The SMILES string of the molecule is O=C(O)C(F)(F)F.c1cc(CN2Cc3nnn(CC4CC4)c3C(COCC3CC3)C2)co1. The van der Waals surface area contributed by atoms with Gasteiger partial charge in [-0.25, -0.2) is 9.48 Å². The van der Waals surface area contributed by atoms with Crippen molar-refractivity contribution in [3.8, 4) is 0 Å². The Morgan fingerprint density at radius 3 is 2.53 bits per heavy atom. The molecule has 2 saturated carbocycles. The van der Waals surface area contributed by atoms with Crippen molar-refractivity contribution in [2.24, 2.45) is 11.8 Å². The number of fused-ring (bicyclic) bond motifs is 1. The molecular formula is C21H27F3N4O4. The average molecular weight is 456 g/mol. The summed E-state index contributed by atoms with van der Waals surface area (Å²) >= 11 is 0. The second-order valence-electron chi connectivity index (χ2n) is 8.83. The lowest BCUT2D eigenvalue weighted by Gasteiger charge is -2.32. The van der Waals surface area contributed by atoms with Gasteiger partial charge in [-0.05, 0) is 43.6 Å². The topological polar surface area (TPSA) is 93.6 Å². The molecule has 1 aliphatic heterocycles. The maximum Gasteiger partial charge on any atom is 0.490 e. The van der Waals surface area contributed by atoms with Crippen molar-refractivity contribution >= 4 is 5.97 Å². The first-order valence-corrected chi connectivity index (χ1v) is 10.8. The van der Waals surface area contributed by atoms with E-state index in [9.17, 15) is 13.2 Å². The molecule has 1 N–H and O–H groups in total. The van der Waals surface area contributed by atoms with Crippen LogP contribution in [-0.4, -0.2) is 56.9 Å². The van der Waals surface area contributed by atoms with Crippen LogP contribution in [0.25, 0.3) is 0 Å². The Hall–Kier alpha value is -2.40. The van der Waals surface area contributed by atoms with Crippen molar-refractivity contribution < 1.29 is 32.2 Å². The highest BCUT2D eigenvalue weighted by Crippen LogP contribution is 2.35. The van der Waals surface area contributed by atoms with Crippen molar-refractivity contribution in [2.45, 2.75) is 57.4 Å². The number of hydrogen-bond acceptors (Lipinski definition) is 6. The molecule has 2 fully saturated rings. The third-order valence-corrected chi connectivity index (χ3v) is 5.81. The van der Waals surface area contributed by atoms with Gasteiger partial charge in [-0.2, -0.15) is 13.2 Å². The Labute approximate surface area is 183 Å². The number of aromatic nitrogens is 3. The van der Waals surface area contributed by atoms with Gasteiger partial charge >= 0.3 is 12.1 Å². The van der Waals surface area contributed by atoms with Crippen LogP contribution in [-0.2, 0) is 29.2 Å². The molecule has 0 radical (unpaired) electrons. The molecule has 11 heteroatoms. The van der Waals surface area contributed by atoms with Gasteiger partial charge in [0.05, 0.1) is 24.8 Å². The monoisotopic (exact) mass is 456 g/mol. The molecule has 32 heavy (non-hydrogen) atoms. The Morgan fingerprint density at radius 1 is 1.22 bits per heavy atom. The number of carbonyl (C=O) groups is 1. The van der Waals surface area contributed by atoms with Gasteiger partial charge in [0, 0.05) is 44.3 Å². The fraction of sp³-hybridized carbons (Fsp3) is 0.667. The van der Waals surface area contributed by atoms with Gasteiger partial charge < -0.3 is 14.3 Å². The zero-order chi connectivity index (χ0) is 22.7. The van der Waals surface area contributed by atoms with E-state index >= 15 is 0 Å². The van der Waals surface area contributed by atoms with Crippen molar-refractivity contribution in [2.75, 3.05) is 19.8 Å². The van der Waals surface area contributed by atoms with Crippen LogP contribution in [0, 0.1) is 11.8 Å². The van der Waals surface area contributed by atoms with Gasteiger partial charge in [0.15, 0.2) is 0 Å². The van der Waals surface area contributed by atoms with E-state index < -0.39 is 12.1 Å².